The van der Waals surface area contributed by atoms with Crippen LogP contribution >= 0.6 is 0 Å². The maximum atomic E-state index is 12.3. The Morgan fingerprint density at radius 1 is 1.19 bits per heavy atom. The Labute approximate surface area is 115 Å². The predicted octanol–water partition coefficient (Wildman–Crippen LogP) is 2.50. The molecule has 0 bridgehead atoms. The van der Waals surface area contributed by atoms with Crippen LogP contribution in [0.2, 0.25) is 0 Å². The van der Waals surface area contributed by atoms with Crippen LogP contribution in [0.1, 0.15) is 0 Å². The first kappa shape index (κ1) is 13.2. The molecular formula is C12H8F3N5O. The second-order valence-electron chi connectivity index (χ2n) is 4.11. The highest BCUT2D eigenvalue weighted by molar-refractivity contribution is 5.88. The molecule has 0 fully saturated rings. The van der Waals surface area contributed by atoms with Crippen molar-refractivity contribution in [3.05, 3.63) is 30.6 Å². The third kappa shape index (κ3) is 2.71. The lowest BCUT2D eigenvalue weighted by atomic mass is 10.1. The molecule has 2 aromatic heterocycles. The number of alkyl halides is 3. The highest BCUT2D eigenvalue weighted by Crippen LogP contribution is 2.29. The van der Waals surface area contributed by atoms with Gasteiger partial charge in [0.2, 0.25) is 5.95 Å². The first-order valence-corrected chi connectivity index (χ1v) is 5.75. The van der Waals surface area contributed by atoms with Crippen LogP contribution in [0.4, 0.5) is 19.1 Å². The van der Waals surface area contributed by atoms with Crippen LogP contribution in [0, 0.1) is 0 Å². The molecule has 3 N–H and O–H groups in total. The number of aromatic amines is 1. The van der Waals surface area contributed by atoms with E-state index in [4.69, 9.17) is 5.73 Å². The van der Waals surface area contributed by atoms with Gasteiger partial charge in [0, 0.05) is 5.56 Å². The van der Waals surface area contributed by atoms with Crippen LogP contribution in [0.3, 0.4) is 0 Å². The second kappa shape index (κ2) is 4.62. The summed E-state index contributed by atoms with van der Waals surface area (Å²) < 4.78 is 40.7. The van der Waals surface area contributed by atoms with Gasteiger partial charge in [-0.1, -0.05) is 12.1 Å². The SMILES string of the molecule is Nc1nc(-c2cccc(OC(F)(F)F)c2)c2[nH]cnc2n1. The van der Waals surface area contributed by atoms with Crippen molar-refractivity contribution < 1.29 is 17.9 Å². The number of ether oxygens (including phenoxy) is 1. The van der Waals surface area contributed by atoms with E-state index in [1.165, 1.54) is 24.5 Å². The summed E-state index contributed by atoms with van der Waals surface area (Å²) in [6, 6.07) is 5.43. The highest BCUT2D eigenvalue weighted by Gasteiger charge is 2.31. The lowest BCUT2D eigenvalue weighted by Crippen LogP contribution is -2.17. The van der Waals surface area contributed by atoms with Gasteiger partial charge in [-0.3, -0.25) is 0 Å². The lowest BCUT2D eigenvalue weighted by Gasteiger charge is -2.10. The van der Waals surface area contributed by atoms with Gasteiger partial charge in [0.05, 0.1) is 6.33 Å². The normalized spacial score (nSPS) is 11.8. The van der Waals surface area contributed by atoms with Crippen LogP contribution in [-0.2, 0) is 0 Å². The van der Waals surface area contributed by atoms with Crippen LogP contribution in [0.5, 0.6) is 5.75 Å². The summed E-state index contributed by atoms with van der Waals surface area (Å²) in [4.78, 5) is 14.7. The maximum Gasteiger partial charge on any atom is 0.573 e. The number of rotatable bonds is 2. The first-order valence-electron chi connectivity index (χ1n) is 5.75. The van der Waals surface area contributed by atoms with Gasteiger partial charge in [-0.15, -0.1) is 13.2 Å². The zero-order valence-corrected chi connectivity index (χ0v) is 10.3. The van der Waals surface area contributed by atoms with E-state index in [0.717, 1.165) is 0 Å². The van der Waals surface area contributed by atoms with Gasteiger partial charge in [-0.25, -0.2) is 9.97 Å². The van der Waals surface area contributed by atoms with E-state index in [0.29, 0.717) is 22.4 Å². The Morgan fingerprint density at radius 3 is 2.76 bits per heavy atom. The third-order valence-corrected chi connectivity index (χ3v) is 2.64. The van der Waals surface area contributed by atoms with Gasteiger partial charge in [0.1, 0.15) is 17.0 Å². The number of hydrogen-bond donors (Lipinski definition) is 2. The van der Waals surface area contributed by atoms with E-state index >= 15 is 0 Å². The van der Waals surface area contributed by atoms with Gasteiger partial charge >= 0.3 is 6.36 Å². The average molecular weight is 295 g/mol. The number of nitrogen functional groups attached to an aromatic ring is 1. The molecule has 0 amide bonds. The Balaban J connectivity index is 2.10. The molecule has 6 nitrogen and oxygen atoms in total. The molecule has 3 aromatic rings. The van der Waals surface area contributed by atoms with Gasteiger partial charge in [-0.2, -0.15) is 4.98 Å². The smallest absolute Gasteiger partial charge is 0.406 e. The minimum Gasteiger partial charge on any atom is -0.406 e. The minimum atomic E-state index is -4.76. The van der Waals surface area contributed by atoms with E-state index in [9.17, 15) is 13.2 Å². The number of imidazole rings is 1. The quantitative estimate of drug-likeness (QED) is 0.758. The number of fused-ring (bicyclic) bond motifs is 1. The number of aromatic nitrogens is 4. The number of hydrogen-bond acceptors (Lipinski definition) is 5. The molecule has 0 aliphatic heterocycles. The van der Waals surface area contributed by atoms with Crippen LogP contribution in [-0.4, -0.2) is 26.3 Å². The molecule has 0 aliphatic carbocycles. The molecule has 0 aliphatic rings. The van der Waals surface area contributed by atoms with E-state index in [1.54, 1.807) is 6.07 Å². The van der Waals surface area contributed by atoms with Crippen molar-refractivity contribution in [2.24, 2.45) is 0 Å². The summed E-state index contributed by atoms with van der Waals surface area (Å²) >= 11 is 0. The van der Waals surface area contributed by atoms with Crippen molar-refractivity contribution in [3.8, 4) is 17.0 Å². The van der Waals surface area contributed by atoms with Crippen molar-refractivity contribution in [3.63, 3.8) is 0 Å². The number of nitrogens with one attached hydrogen (secondary N) is 1. The molecule has 0 atom stereocenters. The summed E-state index contributed by atoms with van der Waals surface area (Å²) in [7, 11) is 0. The number of halogens is 3. The zero-order valence-electron chi connectivity index (χ0n) is 10.3. The van der Waals surface area contributed by atoms with Crippen molar-refractivity contribution in [1.29, 1.82) is 0 Å². The number of benzene rings is 1. The van der Waals surface area contributed by atoms with Crippen LogP contribution in [0.15, 0.2) is 30.6 Å². The van der Waals surface area contributed by atoms with E-state index < -0.39 is 6.36 Å². The highest BCUT2D eigenvalue weighted by atomic mass is 19.4. The Hall–Kier alpha value is -2.84. The molecule has 2 heterocycles. The predicted molar refractivity (Wildman–Crippen MR) is 68.2 cm³/mol. The molecule has 3 rings (SSSR count). The van der Waals surface area contributed by atoms with E-state index in [-0.39, 0.29) is 11.7 Å². The molecule has 0 unspecified atom stereocenters. The molecule has 9 heteroatoms. The molecule has 0 saturated heterocycles. The number of nitrogens with zero attached hydrogens (tertiary/aromatic N) is 3. The fourth-order valence-electron chi connectivity index (χ4n) is 1.90. The van der Waals surface area contributed by atoms with Gasteiger partial charge in [-0.05, 0) is 12.1 Å². The maximum absolute atomic E-state index is 12.3. The molecule has 0 spiro atoms. The second-order valence-corrected chi connectivity index (χ2v) is 4.11. The number of H-pyrrole nitrogens is 1. The van der Waals surface area contributed by atoms with Crippen molar-refractivity contribution in [2.45, 2.75) is 6.36 Å². The Morgan fingerprint density at radius 2 is 2.00 bits per heavy atom. The molecule has 0 radical (unpaired) electrons. The summed E-state index contributed by atoms with van der Waals surface area (Å²) in [5, 5.41) is 0. The third-order valence-electron chi connectivity index (χ3n) is 2.64. The van der Waals surface area contributed by atoms with Crippen LogP contribution in [0.25, 0.3) is 22.4 Å². The first-order chi connectivity index (χ1) is 9.92. The van der Waals surface area contributed by atoms with Gasteiger partial charge in [0.15, 0.2) is 5.65 Å². The summed E-state index contributed by atoms with van der Waals surface area (Å²) in [6.07, 6.45) is -3.36. The molecule has 1 aromatic carbocycles. The van der Waals surface area contributed by atoms with Crippen LogP contribution < -0.4 is 10.5 Å². The number of nitrogens with two attached hydrogens (primary N) is 1. The molecular weight excluding hydrogens is 287 g/mol. The van der Waals surface area contributed by atoms with Crippen molar-refractivity contribution in [1.82, 2.24) is 19.9 Å². The standard InChI is InChI=1S/C12H8F3N5O/c13-12(14,15)21-7-3-1-2-6(4-7)8-9-10(18-5-17-9)20-11(16)19-8/h1-5H,(H3,16,17,18,19,20). The zero-order chi connectivity index (χ0) is 15.0. The largest absolute Gasteiger partial charge is 0.573 e. The number of anilines is 1. The monoisotopic (exact) mass is 295 g/mol. The van der Waals surface area contributed by atoms with Crippen molar-refractivity contribution in [2.75, 3.05) is 5.73 Å². The lowest BCUT2D eigenvalue weighted by molar-refractivity contribution is -0.274. The Bertz CT molecular complexity index is 799. The van der Waals surface area contributed by atoms with E-state index in [1.807, 2.05) is 0 Å². The Kier molecular flexibility index (Phi) is 2.89. The average Bonchev–Trinajstić information content (AvgIpc) is 2.84. The molecule has 108 valence electrons. The molecule has 21 heavy (non-hydrogen) atoms. The summed E-state index contributed by atoms with van der Waals surface area (Å²) in [6.45, 7) is 0. The van der Waals surface area contributed by atoms with Crippen molar-refractivity contribution >= 4 is 17.1 Å². The fraction of sp³-hybridized carbons (Fsp3) is 0.0833. The van der Waals surface area contributed by atoms with Gasteiger partial charge < -0.3 is 15.5 Å². The summed E-state index contributed by atoms with van der Waals surface area (Å²) in [5.41, 5.74) is 7.14. The fourth-order valence-corrected chi connectivity index (χ4v) is 1.90. The molecule has 0 saturated carbocycles. The van der Waals surface area contributed by atoms with Gasteiger partial charge in [0.25, 0.3) is 0 Å². The topological polar surface area (TPSA) is 89.7 Å². The van der Waals surface area contributed by atoms with E-state index in [2.05, 4.69) is 24.7 Å². The minimum absolute atomic E-state index is 0.0215. The summed E-state index contributed by atoms with van der Waals surface area (Å²) in [5.74, 6) is -0.364.